The second-order valence-electron chi connectivity index (χ2n) is 7.75. The van der Waals surface area contributed by atoms with Gasteiger partial charge in [-0.15, -0.1) is 0 Å². The Balaban J connectivity index is 1.61. The molecule has 6 nitrogen and oxygen atoms in total. The molecule has 3 aromatic carbocycles. The second kappa shape index (κ2) is 11.8. The Kier molecular flexibility index (Phi) is 8.61. The molecule has 0 radical (unpaired) electrons. The van der Waals surface area contributed by atoms with Crippen LogP contribution in [0.1, 0.15) is 35.3 Å². The van der Waals surface area contributed by atoms with Crippen molar-refractivity contribution in [2.45, 2.75) is 26.5 Å². The van der Waals surface area contributed by atoms with Gasteiger partial charge in [0.05, 0.1) is 6.21 Å². The van der Waals surface area contributed by atoms with Crippen molar-refractivity contribution in [2.24, 2.45) is 11.0 Å². The van der Waals surface area contributed by atoms with Gasteiger partial charge in [-0.1, -0.05) is 67.9 Å². The SMILES string of the molecule is CC(C)C(NC(=O)c1ccccc1)C(=O)NN=Cc1ccccc1OCc1ccc(Cl)cc1. The fourth-order valence-electron chi connectivity index (χ4n) is 3.04. The number of rotatable bonds is 9. The first-order valence-electron chi connectivity index (χ1n) is 10.6. The van der Waals surface area contributed by atoms with Crippen molar-refractivity contribution >= 4 is 29.6 Å². The third-order valence-electron chi connectivity index (χ3n) is 4.88. The summed E-state index contributed by atoms with van der Waals surface area (Å²) < 4.78 is 5.90. The van der Waals surface area contributed by atoms with E-state index in [0.29, 0.717) is 28.5 Å². The lowest BCUT2D eigenvalue weighted by Gasteiger charge is -2.20. The highest BCUT2D eigenvalue weighted by molar-refractivity contribution is 6.30. The van der Waals surface area contributed by atoms with Crippen molar-refractivity contribution in [1.29, 1.82) is 0 Å². The molecule has 0 aromatic heterocycles. The van der Waals surface area contributed by atoms with Gasteiger partial charge in [0, 0.05) is 16.1 Å². The quantitative estimate of drug-likeness (QED) is 0.352. The number of hydrogen-bond donors (Lipinski definition) is 2. The Morgan fingerprint density at radius 3 is 2.33 bits per heavy atom. The topological polar surface area (TPSA) is 79.8 Å². The Labute approximate surface area is 198 Å². The summed E-state index contributed by atoms with van der Waals surface area (Å²) >= 11 is 5.92. The molecule has 0 aliphatic carbocycles. The van der Waals surface area contributed by atoms with Crippen LogP contribution in [0.15, 0.2) is 84.0 Å². The smallest absolute Gasteiger partial charge is 0.262 e. The maximum Gasteiger partial charge on any atom is 0.262 e. The van der Waals surface area contributed by atoms with E-state index in [1.165, 1.54) is 6.21 Å². The van der Waals surface area contributed by atoms with Gasteiger partial charge in [-0.3, -0.25) is 9.59 Å². The van der Waals surface area contributed by atoms with E-state index in [1.54, 1.807) is 24.3 Å². The minimum absolute atomic E-state index is 0.122. The Bertz CT molecular complexity index is 1100. The largest absolute Gasteiger partial charge is 0.488 e. The number of amides is 2. The maximum atomic E-state index is 12.7. The number of carbonyl (C=O) groups is 2. The Morgan fingerprint density at radius 2 is 1.64 bits per heavy atom. The van der Waals surface area contributed by atoms with Crippen LogP contribution in [0, 0.1) is 5.92 Å². The molecule has 1 unspecified atom stereocenters. The van der Waals surface area contributed by atoms with Gasteiger partial charge in [-0.2, -0.15) is 5.10 Å². The lowest BCUT2D eigenvalue weighted by atomic mass is 10.0. The number of ether oxygens (including phenoxy) is 1. The Hall–Kier alpha value is -3.64. The lowest BCUT2D eigenvalue weighted by molar-refractivity contribution is -0.123. The van der Waals surface area contributed by atoms with Crippen LogP contribution in [0.2, 0.25) is 5.02 Å². The molecule has 0 aliphatic rings. The summed E-state index contributed by atoms with van der Waals surface area (Å²) in [5.41, 5.74) is 4.70. The van der Waals surface area contributed by atoms with E-state index in [0.717, 1.165) is 5.56 Å². The van der Waals surface area contributed by atoms with Gasteiger partial charge in [0.25, 0.3) is 11.8 Å². The predicted molar refractivity (Wildman–Crippen MR) is 130 cm³/mol. The molecular formula is C26H26ClN3O3. The minimum atomic E-state index is -0.730. The van der Waals surface area contributed by atoms with Crippen LogP contribution in [0.25, 0.3) is 0 Å². The van der Waals surface area contributed by atoms with Crippen LogP contribution in [0.3, 0.4) is 0 Å². The van der Waals surface area contributed by atoms with Crippen molar-refractivity contribution in [2.75, 3.05) is 0 Å². The van der Waals surface area contributed by atoms with Crippen molar-refractivity contribution < 1.29 is 14.3 Å². The van der Waals surface area contributed by atoms with Crippen LogP contribution in [-0.4, -0.2) is 24.1 Å². The standard InChI is InChI=1S/C26H26ClN3O3/c1-18(2)24(29-25(31)20-8-4-3-5-9-20)26(32)30-28-16-21-10-6-7-11-23(21)33-17-19-12-14-22(27)15-13-19/h3-16,18,24H,17H2,1-2H3,(H,29,31)(H,30,32). The lowest BCUT2D eigenvalue weighted by Crippen LogP contribution is -2.48. The number of halogens is 1. The van der Waals surface area contributed by atoms with Crippen LogP contribution in [-0.2, 0) is 11.4 Å². The highest BCUT2D eigenvalue weighted by atomic mass is 35.5. The van der Waals surface area contributed by atoms with Crippen LogP contribution < -0.4 is 15.5 Å². The summed E-state index contributed by atoms with van der Waals surface area (Å²) in [4.78, 5) is 25.1. The molecule has 2 N–H and O–H groups in total. The van der Waals surface area contributed by atoms with Crippen LogP contribution in [0.5, 0.6) is 5.75 Å². The van der Waals surface area contributed by atoms with E-state index in [4.69, 9.17) is 16.3 Å². The number of benzene rings is 3. The van der Waals surface area contributed by atoms with Gasteiger partial charge in [0.1, 0.15) is 18.4 Å². The first-order valence-corrected chi connectivity index (χ1v) is 11.0. The fraction of sp³-hybridized carbons (Fsp3) is 0.192. The fourth-order valence-corrected chi connectivity index (χ4v) is 3.17. The average Bonchev–Trinajstić information content (AvgIpc) is 2.83. The molecule has 1 atom stereocenters. The first-order chi connectivity index (χ1) is 15.9. The van der Waals surface area contributed by atoms with E-state index in [1.807, 2.05) is 68.4 Å². The summed E-state index contributed by atoms with van der Waals surface area (Å²) in [5.74, 6) is -0.203. The number of hydrazone groups is 1. The van der Waals surface area contributed by atoms with Crippen molar-refractivity contribution in [1.82, 2.24) is 10.7 Å². The van der Waals surface area contributed by atoms with Gasteiger partial charge in [-0.25, -0.2) is 5.43 Å². The molecule has 3 aromatic rings. The van der Waals surface area contributed by atoms with Gasteiger partial charge < -0.3 is 10.1 Å². The molecule has 0 bridgehead atoms. The molecule has 0 heterocycles. The molecule has 7 heteroatoms. The molecule has 0 fully saturated rings. The van der Waals surface area contributed by atoms with E-state index >= 15 is 0 Å². The third kappa shape index (κ3) is 7.19. The van der Waals surface area contributed by atoms with Gasteiger partial charge in [0.2, 0.25) is 0 Å². The summed E-state index contributed by atoms with van der Waals surface area (Å²) in [6.45, 7) is 4.09. The van der Waals surface area contributed by atoms with Gasteiger partial charge in [-0.05, 0) is 47.9 Å². The molecule has 0 spiro atoms. The summed E-state index contributed by atoms with van der Waals surface area (Å²) in [7, 11) is 0. The molecule has 33 heavy (non-hydrogen) atoms. The number of carbonyl (C=O) groups excluding carboxylic acids is 2. The molecule has 170 valence electrons. The summed E-state index contributed by atoms with van der Waals surface area (Å²) in [5, 5.41) is 7.52. The van der Waals surface area contributed by atoms with Crippen molar-refractivity contribution in [3.05, 3.63) is 101 Å². The molecule has 0 saturated heterocycles. The van der Waals surface area contributed by atoms with Gasteiger partial charge >= 0.3 is 0 Å². The first kappa shape index (κ1) is 24.0. The number of hydrogen-bond acceptors (Lipinski definition) is 4. The van der Waals surface area contributed by atoms with E-state index < -0.39 is 11.9 Å². The number of nitrogens with one attached hydrogen (secondary N) is 2. The molecule has 0 saturated carbocycles. The summed E-state index contributed by atoms with van der Waals surface area (Å²) in [6, 6.07) is 22.8. The van der Waals surface area contributed by atoms with Crippen LogP contribution >= 0.6 is 11.6 Å². The summed E-state index contributed by atoms with van der Waals surface area (Å²) in [6.07, 6.45) is 1.52. The zero-order valence-electron chi connectivity index (χ0n) is 18.5. The van der Waals surface area contributed by atoms with Crippen molar-refractivity contribution in [3.8, 4) is 5.75 Å². The molecule has 3 rings (SSSR count). The highest BCUT2D eigenvalue weighted by Crippen LogP contribution is 2.18. The highest BCUT2D eigenvalue weighted by Gasteiger charge is 2.24. The number of nitrogens with zero attached hydrogens (tertiary/aromatic N) is 1. The zero-order valence-corrected chi connectivity index (χ0v) is 19.3. The minimum Gasteiger partial charge on any atom is -0.488 e. The monoisotopic (exact) mass is 463 g/mol. The molecule has 0 aliphatic heterocycles. The Morgan fingerprint density at radius 1 is 0.970 bits per heavy atom. The van der Waals surface area contributed by atoms with Crippen LogP contribution in [0.4, 0.5) is 0 Å². The molecule has 2 amide bonds. The van der Waals surface area contributed by atoms with E-state index in [-0.39, 0.29) is 11.8 Å². The van der Waals surface area contributed by atoms with Gasteiger partial charge in [0.15, 0.2) is 0 Å². The van der Waals surface area contributed by atoms with E-state index in [2.05, 4.69) is 15.8 Å². The van der Waals surface area contributed by atoms with E-state index in [9.17, 15) is 9.59 Å². The molecular weight excluding hydrogens is 438 g/mol. The predicted octanol–water partition coefficient (Wildman–Crippen LogP) is 4.82. The maximum absolute atomic E-state index is 12.7. The average molecular weight is 464 g/mol. The normalized spacial score (nSPS) is 11.9. The third-order valence-corrected chi connectivity index (χ3v) is 5.13. The number of para-hydroxylation sites is 1. The zero-order chi connectivity index (χ0) is 23.6. The second-order valence-corrected chi connectivity index (χ2v) is 8.18. The van der Waals surface area contributed by atoms with Crippen molar-refractivity contribution in [3.63, 3.8) is 0 Å².